The fourth-order valence-corrected chi connectivity index (χ4v) is 5.40. The van der Waals surface area contributed by atoms with Gasteiger partial charge in [-0.1, -0.05) is 0 Å². The van der Waals surface area contributed by atoms with Crippen LogP contribution in [0.3, 0.4) is 0 Å². The predicted molar refractivity (Wildman–Crippen MR) is 131 cm³/mol. The van der Waals surface area contributed by atoms with Gasteiger partial charge in [-0.15, -0.1) is 0 Å². The number of sulfonamides is 2. The monoisotopic (exact) mass is 527 g/mol. The van der Waals surface area contributed by atoms with E-state index < -0.39 is 32.1 Å². The van der Waals surface area contributed by atoms with Crippen molar-refractivity contribution >= 4 is 37.3 Å². The molecule has 1 fully saturated rings. The smallest absolute Gasteiger partial charge is 0.265 e. The molecule has 3 rings (SSSR count). The third-order valence-corrected chi connectivity index (χ3v) is 8.52. The number of carbonyl (C=O) groups is 1. The van der Waals surface area contributed by atoms with Crippen molar-refractivity contribution in [3.8, 4) is 11.5 Å². The molecule has 1 heterocycles. The van der Waals surface area contributed by atoms with Crippen LogP contribution in [0.2, 0.25) is 0 Å². The molecule has 0 aromatic heterocycles. The van der Waals surface area contributed by atoms with Crippen molar-refractivity contribution in [1.29, 1.82) is 0 Å². The van der Waals surface area contributed by atoms with Crippen LogP contribution in [0.5, 0.6) is 11.5 Å². The second kappa shape index (κ2) is 10.8. The second-order valence-electron chi connectivity index (χ2n) is 7.86. The molecule has 0 aliphatic carbocycles. The fraction of sp³-hybridized carbons (Fsp3) is 0.409. The maximum atomic E-state index is 13.1. The summed E-state index contributed by atoms with van der Waals surface area (Å²) in [6, 6.07) is 10.6. The van der Waals surface area contributed by atoms with E-state index in [9.17, 15) is 21.6 Å². The van der Waals surface area contributed by atoms with Crippen molar-refractivity contribution in [2.45, 2.75) is 17.9 Å². The van der Waals surface area contributed by atoms with Gasteiger partial charge in [0, 0.05) is 25.8 Å². The first-order valence-electron chi connectivity index (χ1n) is 10.7. The fourth-order valence-electron chi connectivity index (χ4n) is 3.31. The molecule has 0 radical (unpaired) electrons. The molecule has 1 unspecified atom stereocenters. The van der Waals surface area contributed by atoms with Gasteiger partial charge in [-0.3, -0.25) is 9.10 Å². The number of hydrogen-bond donors (Lipinski definition) is 1. The first kappa shape index (κ1) is 26.7. The van der Waals surface area contributed by atoms with E-state index >= 15 is 0 Å². The number of benzene rings is 2. The quantitative estimate of drug-likeness (QED) is 0.519. The molecule has 1 amide bonds. The normalized spacial score (nSPS) is 15.8. The highest BCUT2D eigenvalue weighted by Crippen LogP contribution is 2.30. The lowest BCUT2D eigenvalue weighted by atomic mass is 10.2. The summed E-state index contributed by atoms with van der Waals surface area (Å²) < 4.78 is 68.2. The van der Waals surface area contributed by atoms with Crippen LogP contribution in [0.1, 0.15) is 6.92 Å². The summed E-state index contributed by atoms with van der Waals surface area (Å²) in [6.07, 6.45) is 0.176. The summed E-state index contributed by atoms with van der Waals surface area (Å²) in [7, 11) is -4.44. The molecule has 1 atom stereocenters. The SMILES string of the molecule is COc1ccc(NC(=O)C(C)Oc2ccc(N(C)S(C)(=O)=O)cc2)cc1S(=O)(=O)N1CCOCC1. The van der Waals surface area contributed by atoms with Crippen LogP contribution in [0.4, 0.5) is 11.4 Å². The zero-order valence-corrected chi connectivity index (χ0v) is 21.6. The van der Waals surface area contributed by atoms with Gasteiger partial charge >= 0.3 is 0 Å². The molecular weight excluding hydrogens is 498 g/mol. The molecule has 192 valence electrons. The van der Waals surface area contributed by atoms with Gasteiger partial charge in [-0.25, -0.2) is 16.8 Å². The molecule has 35 heavy (non-hydrogen) atoms. The Labute approximate surface area is 205 Å². The molecule has 1 aliphatic rings. The maximum absolute atomic E-state index is 13.1. The molecule has 0 bridgehead atoms. The van der Waals surface area contributed by atoms with Crippen molar-refractivity contribution in [3.05, 3.63) is 42.5 Å². The predicted octanol–water partition coefficient (Wildman–Crippen LogP) is 1.52. The molecule has 1 aliphatic heterocycles. The summed E-state index contributed by atoms with van der Waals surface area (Å²) in [5, 5.41) is 2.66. The number of amides is 1. The first-order chi connectivity index (χ1) is 16.4. The van der Waals surface area contributed by atoms with Crippen LogP contribution >= 0.6 is 0 Å². The average molecular weight is 528 g/mol. The summed E-state index contributed by atoms with van der Waals surface area (Å²) in [6.45, 7) is 2.61. The van der Waals surface area contributed by atoms with Crippen molar-refractivity contribution in [2.75, 3.05) is 56.3 Å². The Kier molecular flexibility index (Phi) is 8.26. The van der Waals surface area contributed by atoms with Gasteiger partial charge in [-0.05, 0) is 49.4 Å². The zero-order valence-electron chi connectivity index (χ0n) is 19.9. The van der Waals surface area contributed by atoms with E-state index in [0.29, 0.717) is 24.7 Å². The zero-order chi connectivity index (χ0) is 25.8. The van der Waals surface area contributed by atoms with Gasteiger partial charge < -0.3 is 19.5 Å². The van der Waals surface area contributed by atoms with Crippen LogP contribution in [-0.2, 0) is 29.6 Å². The molecule has 2 aromatic carbocycles. The topological polar surface area (TPSA) is 132 Å². The lowest BCUT2D eigenvalue weighted by molar-refractivity contribution is -0.122. The number of hydrogen-bond acceptors (Lipinski definition) is 8. The minimum Gasteiger partial charge on any atom is -0.495 e. The van der Waals surface area contributed by atoms with E-state index in [0.717, 1.165) is 10.6 Å². The van der Waals surface area contributed by atoms with E-state index in [-0.39, 0.29) is 29.4 Å². The molecule has 11 nitrogen and oxygen atoms in total. The Morgan fingerprint density at radius 1 is 1.09 bits per heavy atom. The molecule has 13 heteroatoms. The molecule has 0 spiro atoms. The van der Waals surface area contributed by atoms with Gasteiger partial charge in [0.1, 0.15) is 16.4 Å². The van der Waals surface area contributed by atoms with Gasteiger partial charge in [0.05, 0.1) is 32.3 Å². The van der Waals surface area contributed by atoms with Gasteiger partial charge in [0.15, 0.2) is 6.10 Å². The summed E-state index contributed by atoms with van der Waals surface area (Å²) in [4.78, 5) is 12.7. The van der Waals surface area contributed by atoms with Gasteiger partial charge in [-0.2, -0.15) is 4.31 Å². The minimum absolute atomic E-state index is 0.0566. The highest BCUT2D eigenvalue weighted by Gasteiger charge is 2.30. The Bertz CT molecular complexity index is 1260. The molecule has 0 saturated carbocycles. The largest absolute Gasteiger partial charge is 0.495 e. The number of anilines is 2. The third-order valence-electron chi connectivity index (χ3n) is 5.40. The van der Waals surface area contributed by atoms with E-state index in [4.69, 9.17) is 14.2 Å². The molecular formula is C22H29N3O8S2. The van der Waals surface area contributed by atoms with Gasteiger partial charge in [0.2, 0.25) is 20.0 Å². The molecule has 1 saturated heterocycles. The van der Waals surface area contributed by atoms with Crippen LogP contribution in [0.15, 0.2) is 47.4 Å². The summed E-state index contributed by atoms with van der Waals surface area (Å²) >= 11 is 0. The highest BCUT2D eigenvalue weighted by atomic mass is 32.2. The van der Waals surface area contributed by atoms with E-state index in [2.05, 4.69) is 5.32 Å². The number of nitrogens with one attached hydrogen (secondary N) is 1. The number of carbonyl (C=O) groups excluding carboxylic acids is 1. The van der Waals surface area contributed by atoms with Crippen molar-refractivity contribution < 1.29 is 35.8 Å². The minimum atomic E-state index is -3.85. The van der Waals surface area contributed by atoms with E-state index in [1.807, 2.05) is 0 Å². The molecule has 1 N–H and O–H groups in total. The van der Waals surface area contributed by atoms with Crippen molar-refractivity contribution in [3.63, 3.8) is 0 Å². The maximum Gasteiger partial charge on any atom is 0.265 e. The van der Waals surface area contributed by atoms with Crippen molar-refractivity contribution in [2.24, 2.45) is 0 Å². The number of methoxy groups -OCH3 is 1. The van der Waals surface area contributed by atoms with E-state index in [1.54, 1.807) is 31.2 Å². The standard InChI is InChI=1S/C22H29N3O8S2/c1-16(33-19-8-6-18(7-9-19)24(2)34(4,27)28)22(26)23-17-5-10-20(31-3)21(15-17)35(29,30)25-11-13-32-14-12-25/h5-10,15-16H,11-14H2,1-4H3,(H,23,26). The Morgan fingerprint density at radius 3 is 2.29 bits per heavy atom. The van der Waals surface area contributed by atoms with Crippen LogP contribution in [0, 0.1) is 0 Å². The lowest BCUT2D eigenvalue weighted by Crippen LogP contribution is -2.40. The summed E-state index contributed by atoms with van der Waals surface area (Å²) in [5.74, 6) is 0.0313. The number of ether oxygens (including phenoxy) is 3. The van der Waals surface area contributed by atoms with Crippen LogP contribution in [-0.4, -0.2) is 79.9 Å². The number of nitrogens with zero attached hydrogens (tertiary/aromatic N) is 2. The second-order valence-corrected chi connectivity index (χ2v) is 11.8. The number of rotatable bonds is 9. The third kappa shape index (κ3) is 6.42. The van der Waals surface area contributed by atoms with Gasteiger partial charge in [0.25, 0.3) is 5.91 Å². The summed E-state index contributed by atoms with van der Waals surface area (Å²) in [5.41, 5.74) is 0.715. The van der Waals surface area contributed by atoms with Crippen molar-refractivity contribution in [1.82, 2.24) is 4.31 Å². The Morgan fingerprint density at radius 2 is 1.71 bits per heavy atom. The number of morpholine rings is 1. The van der Waals surface area contributed by atoms with E-state index in [1.165, 1.54) is 36.7 Å². The Balaban J connectivity index is 1.72. The average Bonchev–Trinajstić information content (AvgIpc) is 2.84. The lowest BCUT2D eigenvalue weighted by Gasteiger charge is -2.27. The van der Waals surface area contributed by atoms with Crippen LogP contribution in [0.25, 0.3) is 0 Å². The highest BCUT2D eigenvalue weighted by molar-refractivity contribution is 7.92. The first-order valence-corrected chi connectivity index (χ1v) is 14.0. The van der Waals surface area contributed by atoms with Crippen LogP contribution < -0.4 is 19.1 Å². The molecule has 2 aromatic rings. The Hall–Kier alpha value is -2.87.